The molecule has 1 unspecified atom stereocenters. The smallest absolute Gasteiger partial charge is 0.219 e. The van der Waals surface area contributed by atoms with Crippen molar-refractivity contribution in [2.24, 2.45) is 10.7 Å². The lowest BCUT2D eigenvalue weighted by atomic mass is 9.93. The molecule has 0 aromatic rings. The molecule has 1 atom stereocenters. The van der Waals surface area contributed by atoms with Gasteiger partial charge in [-0.05, 0) is 19.8 Å². The lowest BCUT2D eigenvalue weighted by Crippen LogP contribution is -2.48. The van der Waals surface area contributed by atoms with E-state index in [0.717, 1.165) is 37.0 Å². The molecule has 0 bridgehead atoms. The fourth-order valence-corrected chi connectivity index (χ4v) is 3.46. The Labute approximate surface area is 106 Å². The number of nitrogens with one attached hydrogen (secondary N) is 1. The van der Waals surface area contributed by atoms with Gasteiger partial charge in [0.1, 0.15) is 0 Å². The van der Waals surface area contributed by atoms with Crippen LogP contribution >= 0.6 is 11.8 Å². The first kappa shape index (κ1) is 12.7. The highest BCUT2D eigenvalue weighted by atomic mass is 32.2. The minimum atomic E-state index is -0.300. The molecule has 0 aromatic heterocycles. The second-order valence-corrected chi connectivity index (χ2v) is 5.72. The average molecular weight is 257 g/mol. The number of primary amides is 1. The summed E-state index contributed by atoms with van der Waals surface area (Å²) in [6, 6.07) is -0.0440. The summed E-state index contributed by atoms with van der Waals surface area (Å²) in [5, 5.41) is 4.44. The number of ether oxygens (including phenoxy) is 1. The van der Waals surface area contributed by atoms with Crippen molar-refractivity contribution in [2.45, 2.75) is 37.8 Å². The summed E-state index contributed by atoms with van der Waals surface area (Å²) in [6.07, 6.45) is 2.37. The normalized spacial score (nSPS) is 27.0. The van der Waals surface area contributed by atoms with E-state index in [1.54, 1.807) is 11.8 Å². The Morgan fingerprint density at radius 1 is 1.65 bits per heavy atom. The lowest BCUT2D eigenvalue weighted by Gasteiger charge is -2.32. The van der Waals surface area contributed by atoms with Crippen LogP contribution in [-0.2, 0) is 9.53 Å². The Morgan fingerprint density at radius 3 is 3.00 bits per heavy atom. The summed E-state index contributed by atoms with van der Waals surface area (Å²) >= 11 is 1.73. The topological polar surface area (TPSA) is 76.7 Å². The number of carbonyl (C=O) groups is 1. The van der Waals surface area contributed by atoms with Crippen LogP contribution in [0.1, 0.15) is 26.2 Å². The van der Waals surface area contributed by atoms with E-state index in [2.05, 4.69) is 10.3 Å². The first-order chi connectivity index (χ1) is 8.10. The average Bonchev–Trinajstić information content (AvgIpc) is 2.61. The van der Waals surface area contributed by atoms with E-state index < -0.39 is 0 Å². The maximum Gasteiger partial charge on any atom is 0.219 e. The minimum Gasteiger partial charge on any atom is -0.381 e. The van der Waals surface area contributed by atoms with Crippen molar-refractivity contribution in [1.82, 2.24) is 5.32 Å². The van der Waals surface area contributed by atoms with Crippen molar-refractivity contribution >= 4 is 22.8 Å². The predicted octanol–water partition coefficient (Wildman–Crippen LogP) is 0.492. The van der Waals surface area contributed by atoms with Crippen LogP contribution in [-0.4, -0.2) is 41.6 Å². The van der Waals surface area contributed by atoms with Gasteiger partial charge in [0, 0.05) is 25.4 Å². The fourth-order valence-electron chi connectivity index (χ4n) is 2.14. The van der Waals surface area contributed by atoms with Crippen molar-refractivity contribution in [2.75, 3.05) is 19.0 Å². The monoisotopic (exact) mass is 257 g/mol. The van der Waals surface area contributed by atoms with Crippen LogP contribution in [0.3, 0.4) is 0 Å². The van der Waals surface area contributed by atoms with Gasteiger partial charge in [0.25, 0.3) is 0 Å². The van der Waals surface area contributed by atoms with E-state index in [1.807, 2.05) is 6.92 Å². The second kappa shape index (κ2) is 5.27. The number of carbonyl (C=O) groups excluding carboxylic acids is 1. The van der Waals surface area contributed by atoms with Crippen LogP contribution in [0.25, 0.3) is 0 Å². The number of aliphatic imine (C=N–C) groups is 1. The van der Waals surface area contributed by atoms with Crippen molar-refractivity contribution in [3.05, 3.63) is 0 Å². The standard InChI is InChI=1S/C11H19N3O2S/c1-8(6-9(12)15)13-10-14-11(7-17-10)2-4-16-5-3-11/h8H,2-7H2,1H3,(H2,12,15)(H,13,14). The molecule has 3 N–H and O–H groups in total. The third-order valence-corrected chi connectivity index (χ3v) is 4.32. The number of amidine groups is 1. The SMILES string of the molecule is CC(CC(N)=O)N=C1NC2(CCOCC2)CS1. The summed E-state index contributed by atoms with van der Waals surface area (Å²) < 4.78 is 5.37. The summed E-state index contributed by atoms with van der Waals surface area (Å²) in [7, 11) is 0. The van der Waals surface area contributed by atoms with Crippen LogP contribution in [0.2, 0.25) is 0 Å². The predicted molar refractivity (Wildman–Crippen MR) is 69.1 cm³/mol. The zero-order valence-corrected chi connectivity index (χ0v) is 10.9. The van der Waals surface area contributed by atoms with Crippen molar-refractivity contribution in [3.8, 4) is 0 Å². The van der Waals surface area contributed by atoms with Gasteiger partial charge >= 0.3 is 0 Å². The Hall–Kier alpha value is -0.750. The van der Waals surface area contributed by atoms with Gasteiger partial charge in [0.2, 0.25) is 5.91 Å². The number of rotatable bonds is 3. The molecule has 1 amide bonds. The maximum atomic E-state index is 10.8. The Balaban J connectivity index is 1.92. The van der Waals surface area contributed by atoms with E-state index in [-0.39, 0.29) is 17.5 Å². The molecular weight excluding hydrogens is 238 g/mol. The zero-order chi connectivity index (χ0) is 12.3. The number of nitrogens with two attached hydrogens (primary N) is 1. The van der Waals surface area contributed by atoms with Gasteiger partial charge in [-0.15, -0.1) is 0 Å². The molecule has 17 heavy (non-hydrogen) atoms. The molecule has 2 heterocycles. The van der Waals surface area contributed by atoms with E-state index in [1.165, 1.54) is 0 Å². The zero-order valence-electron chi connectivity index (χ0n) is 10.1. The first-order valence-electron chi connectivity index (χ1n) is 5.94. The second-order valence-electron chi connectivity index (χ2n) is 4.76. The lowest BCUT2D eigenvalue weighted by molar-refractivity contribution is -0.118. The van der Waals surface area contributed by atoms with E-state index in [4.69, 9.17) is 10.5 Å². The molecule has 5 nitrogen and oxygen atoms in total. The molecule has 6 heteroatoms. The largest absolute Gasteiger partial charge is 0.381 e. The van der Waals surface area contributed by atoms with Crippen LogP contribution in [0, 0.1) is 0 Å². The van der Waals surface area contributed by atoms with Gasteiger partial charge in [-0.2, -0.15) is 0 Å². The molecule has 2 rings (SSSR count). The molecular formula is C11H19N3O2S. The number of hydrogen-bond donors (Lipinski definition) is 2. The summed E-state index contributed by atoms with van der Waals surface area (Å²) in [5.41, 5.74) is 5.31. The highest BCUT2D eigenvalue weighted by molar-refractivity contribution is 8.14. The Morgan fingerprint density at radius 2 is 2.35 bits per heavy atom. The van der Waals surface area contributed by atoms with Gasteiger partial charge in [0.05, 0.1) is 11.6 Å². The quantitative estimate of drug-likeness (QED) is 0.771. The van der Waals surface area contributed by atoms with Gasteiger partial charge in [-0.1, -0.05) is 11.8 Å². The first-order valence-corrected chi connectivity index (χ1v) is 6.93. The van der Waals surface area contributed by atoms with Gasteiger partial charge in [-0.3, -0.25) is 9.79 Å². The number of amides is 1. The van der Waals surface area contributed by atoms with Crippen molar-refractivity contribution < 1.29 is 9.53 Å². The van der Waals surface area contributed by atoms with Crippen molar-refractivity contribution in [3.63, 3.8) is 0 Å². The van der Waals surface area contributed by atoms with Gasteiger partial charge in [0.15, 0.2) is 5.17 Å². The van der Waals surface area contributed by atoms with Crippen LogP contribution in [0.5, 0.6) is 0 Å². The highest BCUT2D eigenvalue weighted by Crippen LogP contribution is 2.31. The molecule has 2 fully saturated rings. The van der Waals surface area contributed by atoms with Gasteiger partial charge in [-0.25, -0.2) is 0 Å². The molecule has 1 spiro atoms. The number of nitrogens with zero attached hydrogens (tertiary/aromatic N) is 1. The Bertz CT molecular complexity index is 327. The third kappa shape index (κ3) is 3.35. The molecule has 2 aliphatic rings. The van der Waals surface area contributed by atoms with Crippen LogP contribution < -0.4 is 11.1 Å². The maximum absolute atomic E-state index is 10.8. The molecule has 2 saturated heterocycles. The van der Waals surface area contributed by atoms with E-state index >= 15 is 0 Å². The summed E-state index contributed by atoms with van der Waals surface area (Å²) in [5.74, 6) is 0.740. The van der Waals surface area contributed by atoms with E-state index in [9.17, 15) is 4.79 Å². The summed E-state index contributed by atoms with van der Waals surface area (Å²) in [4.78, 5) is 15.3. The fraction of sp³-hybridized carbons (Fsp3) is 0.818. The third-order valence-electron chi connectivity index (χ3n) is 3.14. The minimum absolute atomic E-state index is 0.0440. The molecule has 0 radical (unpaired) electrons. The van der Waals surface area contributed by atoms with Crippen LogP contribution in [0.4, 0.5) is 0 Å². The van der Waals surface area contributed by atoms with E-state index in [0.29, 0.717) is 6.42 Å². The Kier molecular flexibility index (Phi) is 3.93. The number of hydrogen-bond acceptors (Lipinski definition) is 4. The molecule has 96 valence electrons. The van der Waals surface area contributed by atoms with Crippen LogP contribution in [0.15, 0.2) is 4.99 Å². The summed E-state index contributed by atoms with van der Waals surface area (Å²) in [6.45, 7) is 3.55. The van der Waals surface area contributed by atoms with Gasteiger partial charge < -0.3 is 15.8 Å². The molecule has 0 aromatic carbocycles. The number of thioether (sulfide) groups is 1. The highest BCUT2D eigenvalue weighted by Gasteiger charge is 2.38. The van der Waals surface area contributed by atoms with Crippen molar-refractivity contribution in [1.29, 1.82) is 0 Å². The molecule has 0 aliphatic carbocycles. The molecule has 0 saturated carbocycles. The molecule has 2 aliphatic heterocycles.